The lowest BCUT2D eigenvalue weighted by molar-refractivity contribution is -0.135. The van der Waals surface area contributed by atoms with Gasteiger partial charge in [0.15, 0.2) is 0 Å². The molecule has 5 heteroatoms. The Morgan fingerprint density at radius 3 is 1.94 bits per heavy atom. The van der Waals surface area contributed by atoms with Gasteiger partial charge in [0, 0.05) is 18.5 Å². The van der Waals surface area contributed by atoms with Crippen LogP contribution in [0.3, 0.4) is 0 Å². The fraction of sp³-hybridized carbons (Fsp3) is 1.00. The lowest BCUT2D eigenvalue weighted by atomic mass is 9.75. The van der Waals surface area contributed by atoms with Crippen LogP contribution in [0.15, 0.2) is 0 Å². The fourth-order valence-corrected chi connectivity index (χ4v) is 1.04. The summed E-state index contributed by atoms with van der Waals surface area (Å²) in [5.41, 5.74) is 5.47. The third kappa shape index (κ3) is 6.33. The Bertz CT molecular complexity index is 204. The van der Waals surface area contributed by atoms with Crippen LogP contribution >= 0.6 is 0 Å². The lowest BCUT2D eigenvalue weighted by Gasteiger charge is -2.38. The first-order valence-corrected chi connectivity index (χ1v) is 5.52. The van der Waals surface area contributed by atoms with Crippen molar-refractivity contribution in [3.05, 3.63) is 0 Å². The summed E-state index contributed by atoms with van der Waals surface area (Å²) in [6.45, 7) is 8.84. The molecule has 0 amide bonds. The van der Waals surface area contributed by atoms with Crippen LogP contribution in [0.5, 0.6) is 0 Å². The number of hydrogen-bond donors (Lipinski definition) is 2. The Balaban J connectivity index is 3.75. The highest BCUT2D eigenvalue weighted by molar-refractivity contribution is 4.91. The highest BCUT2D eigenvalue weighted by Gasteiger charge is 2.33. The molecule has 0 saturated carbocycles. The van der Waals surface area contributed by atoms with Gasteiger partial charge in [0.05, 0.1) is 0 Å². The zero-order valence-corrected chi connectivity index (χ0v) is 10.5. The molecule has 0 saturated heterocycles. The van der Waals surface area contributed by atoms with Crippen molar-refractivity contribution in [2.75, 3.05) is 13.1 Å². The van der Waals surface area contributed by atoms with E-state index in [1.807, 2.05) is 27.7 Å². The third-order valence-corrected chi connectivity index (χ3v) is 3.13. The molecular formula is C11H23F3N2. The van der Waals surface area contributed by atoms with Crippen LogP contribution in [-0.2, 0) is 0 Å². The van der Waals surface area contributed by atoms with Gasteiger partial charge in [-0.2, -0.15) is 13.2 Å². The van der Waals surface area contributed by atoms with Gasteiger partial charge in [-0.05, 0) is 32.2 Å². The van der Waals surface area contributed by atoms with Crippen molar-refractivity contribution < 1.29 is 13.2 Å². The molecule has 0 aromatic carbocycles. The van der Waals surface area contributed by atoms with Crippen molar-refractivity contribution in [1.82, 2.24) is 5.32 Å². The summed E-state index contributed by atoms with van der Waals surface area (Å²) >= 11 is 0. The number of halogens is 3. The summed E-state index contributed by atoms with van der Waals surface area (Å²) in [5, 5.41) is 3.02. The standard InChI is InChI=1S/C11H23F3N2/c1-9(2,10(3,4)15)8-16-7-5-6-11(12,13)14/h16H,5-8,15H2,1-4H3. The predicted octanol–water partition coefficient (Wildman–Crippen LogP) is 2.68. The molecule has 0 rings (SSSR count). The van der Waals surface area contributed by atoms with E-state index in [-0.39, 0.29) is 17.4 Å². The van der Waals surface area contributed by atoms with E-state index in [1.54, 1.807) is 0 Å². The second-order valence-electron chi connectivity index (χ2n) is 5.50. The van der Waals surface area contributed by atoms with E-state index in [0.29, 0.717) is 13.1 Å². The van der Waals surface area contributed by atoms with Crippen LogP contribution in [0.25, 0.3) is 0 Å². The van der Waals surface area contributed by atoms with Gasteiger partial charge in [0.25, 0.3) is 0 Å². The zero-order chi connectivity index (χ0) is 13.0. The smallest absolute Gasteiger partial charge is 0.325 e. The summed E-state index contributed by atoms with van der Waals surface area (Å²) in [6, 6.07) is 0. The molecule has 2 nitrogen and oxygen atoms in total. The van der Waals surface area contributed by atoms with Crippen LogP contribution in [0, 0.1) is 5.41 Å². The minimum Gasteiger partial charge on any atom is -0.325 e. The molecule has 98 valence electrons. The lowest BCUT2D eigenvalue weighted by Crippen LogP contribution is -2.52. The highest BCUT2D eigenvalue weighted by Crippen LogP contribution is 2.27. The molecule has 0 aromatic heterocycles. The van der Waals surface area contributed by atoms with Crippen LogP contribution in [0.1, 0.15) is 40.5 Å². The highest BCUT2D eigenvalue weighted by atomic mass is 19.4. The van der Waals surface area contributed by atoms with Gasteiger partial charge in [-0.1, -0.05) is 13.8 Å². The Kier molecular flexibility index (Phi) is 5.26. The summed E-state index contributed by atoms with van der Waals surface area (Å²) in [5.74, 6) is 0. The van der Waals surface area contributed by atoms with E-state index in [4.69, 9.17) is 5.73 Å². The molecule has 0 bridgehead atoms. The monoisotopic (exact) mass is 240 g/mol. The van der Waals surface area contributed by atoms with Crippen LogP contribution in [-0.4, -0.2) is 24.8 Å². The molecule has 0 heterocycles. The van der Waals surface area contributed by atoms with Crippen molar-refractivity contribution in [3.8, 4) is 0 Å². The van der Waals surface area contributed by atoms with Crippen LogP contribution in [0.4, 0.5) is 13.2 Å². The first kappa shape index (κ1) is 15.7. The van der Waals surface area contributed by atoms with Gasteiger partial charge in [0.1, 0.15) is 0 Å². The summed E-state index contributed by atoms with van der Waals surface area (Å²) < 4.78 is 35.6. The molecule has 0 aromatic rings. The number of alkyl halides is 3. The zero-order valence-electron chi connectivity index (χ0n) is 10.5. The first-order chi connectivity index (χ1) is 6.96. The number of hydrogen-bond acceptors (Lipinski definition) is 2. The topological polar surface area (TPSA) is 38.0 Å². The molecule has 16 heavy (non-hydrogen) atoms. The minimum atomic E-state index is -4.05. The third-order valence-electron chi connectivity index (χ3n) is 3.13. The van der Waals surface area contributed by atoms with E-state index >= 15 is 0 Å². The van der Waals surface area contributed by atoms with Crippen LogP contribution < -0.4 is 11.1 Å². The van der Waals surface area contributed by atoms with Crippen molar-refractivity contribution in [2.45, 2.75) is 52.3 Å². The SMILES string of the molecule is CC(C)(N)C(C)(C)CNCCCC(F)(F)F. The van der Waals surface area contributed by atoms with E-state index in [1.165, 1.54) is 0 Å². The number of rotatable bonds is 6. The van der Waals surface area contributed by atoms with Crippen LogP contribution in [0.2, 0.25) is 0 Å². The maximum atomic E-state index is 11.9. The second-order valence-corrected chi connectivity index (χ2v) is 5.50. The molecule has 0 aliphatic heterocycles. The summed E-state index contributed by atoms with van der Waals surface area (Å²) in [4.78, 5) is 0. The number of nitrogens with two attached hydrogens (primary N) is 1. The minimum absolute atomic E-state index is 0.116. The molecule has 0 atom stereocenters. The maximum Gasteiger partial charge on any atom is 0.389 e. The summed E-state index contributed by atoms with van der Waals surface area (Å²) in [6.07, 6.45) is -4.67. The quantitative estimate of drug-likeness (QED) is 0.700. The van der Waals surface area contributed by atoms with E-state index < -0.39 is 12.6 Å². The van der Waals surface area contributed by atoms with Crippen molar-refractivity contribution in [1.29, 1.82) is 0 Å². The van der Waals surface area contributed by atoms with Gasteiger partial charge in [-0.25, -0.2) is 0 Å². The van der Waals surface area contributed by atoms with Gasteiger partial charge in [0.2, 0.25) is 0 Å². The molecule has 0 aliphatic rings. The molecule has 0 radical (unpaired) electrons. The first-order valence-electron chi connectivity index (χ1n) is 5.52. The van der Waals surface area contributed by atoms with Gasteiger partial charge in [-0.3, -0.25) is 0 Å². The molecule has 0 spiro atoms. The van der Waals surface area contributed by atoms with Gasteiger partial charge >= 0.3 is 6.18 Å². The Hall–Kier alpha value is -0.290. The van der Waals surface area contributed by atoms with Gasteiger partial charge < -0.3 is 11.1 Å². The Labute approximate surface area is 95.8 Å². The van der Waals surface area contributed by atoms with Crippen molar-refractivity contribution in [3.63, 3.8) is 0 Å². The van der Waals surface area contributed by atoms with E-state index in [9.17, 15) is 13.2 Å². The Morgan fingerprint density at radius 2 is 1.56 bits per heavy atom. The maximum absolute atomic E-state index is 11.9. The average molecular weight is 240 g/mol. The molecule has 0 unspecified atom stereocenters. The second kappa shape index (κ2) is 5.36. The summed E-state index contributed by atoms with van der Waals surface area (Å²) in [7, 11) is 0. The van der Waals surface area contributed by atoms with Crippen molar-refractivity contribution in [2.24, 2.45) is 11.1 Å². The largest absolute Gasteiger partial charge is 0.389 e. The number of nitrogens with one attached hydrogen (secondary N) is 1. The predicted molar refractivity (Wildman–Crippen MR) is 60.2 cm³/mol. The van der Waals surface area contributed by atoms with E-state index in [2.05, 4.69) is 5.32 Å². The molecule has 0 aliphatic carbocycles. The van der Waals surface area contributed by atoms with Crippen molar-refractivity contribution >= 4 is 0 Å². The van der Waals surface area contributed by atoms with Gasteiger partial charge in [-0.15, -0.1) is 0 Å². The fourth-order valence-electron chi connectivity index (χ4n) is 1.04. The molecule has 3 N–H and O–H groups in total. The Morgan fingerprint density at radius 1 is 1.06 bits per heavy atom. The average Bonchev–Trinajstić information content (AvgIpc) is 1.98. The molecular weight excluding hydrogens is 217 g/mol. The molecule has 0 fully saturated rings. The normalized spacial score (nSPS) is 14.2. The van der Waals surface area contributed by atoms with E-state index in [0.717, 1.165) is 0 Å².